The van der Waals surface area contributed by atoms with Gasteiger partial charge < -0.3 is 5.32 Å². The van der Waals surface area contributed by atoms with Gasteiger partial charge >= 0.3 is 0 Å². The van der Waals surface area contributed by atoms with E-state index in [0.29, 0.717) is 10.7 Å². The maximum absolute atomic E-state index is 12.2. The molecule has 2 aromatic rings. The van der Waals surface area contributed by atoms with E-state index >= 15 is 0 Å². The molecule has 0 fully saturated rings. The number of nitrogens with one attached hydrogen (secondary N) is 1. The Bertz CT molecular complexity index is 633. The van der Waals surface area contributed by atoms with Crippen molar-refractivity contribution >= 4 is 40.2 Å². The average Bonchev–Trinajstić information content (AvgIpc) is 2.47. The zero-order valence-corrected chi connectivity index (χ0v) is 13.8. The molecule has 112 valence electrons. The van der Waals surface area contributed by atoms with Crippen LogP contribution in [0.1, 0.15) is 30.8 Å². The predicted molar refractivity (Wildman–Crippen MR) is 91.3 cm³/mol. The minimum absolute atomic E-state index is 0.128. The zero-order valence-electron chi connectivity index (χ0n) is 12.2. The van der Waals surface area contributed by atoms with Crippen LogP contribution in [0.5, 0.6) is 0 Å². The molecule has 5 heteroatoms. The number of benzene rings is 1. The number of pyridine rings is 1. The van der Waals surface area contributed by atoms with Gasteiger partial charge in [-0.2, -0.15) is 11.8 Å². The van der Waals surface area contributed by atoms with Gasteiger partial charge in [-0.1, -0.05) is 36.7 Å². The Morgan fingerprint density at radius 1 is 1.43 bits per heavy atom. The van der Waals surface area contributed by atoms with Crippen molar-refractivity contribution in [3.8, 4) is 0 Å². The normalized spacial score (nSPS) is 12.3. The summed E-state index contributed by atoms with van der Waals surface area (Å²) >= 11 is 8.10. The summed E-state index contributed by atoms with van der Waals surface area (Å²) in [4.78, 5) is 16.6. The molecular weight excluding hydrogens is 304 g/mol. The van der Waals surface area contributed by atoms with Gasteiger partial charge in [-0.3, -0.25) is 4.79 Å². The number of hydrogen-bond acceptors (Lipinski definition) is 3. The van der Waals surface area contributed by atoms with E-state index in [1.165, 1.54) is 0 Å². The van der Waals surface area contributed by atoms with Crippen LogP contribution in [0.4, 0.5) is 0 Å². The molecule has 0 saturated carbocycles. The quantitative estimate of drug-likeness (QED) is 0.812. The number of rotatable bonds is 6. The zero-order chi connectivity index (χ0) is 15.2. The fraction of sp³-hybridized carbons (Fsp3) is 0.375. The number of carbonyl (C=O) groups is 1. The average molecular weight is 323 g/mol. The monoisotopic (exact) mass is 322 g/mol. The van der Waals surface area contributed by atoms with E-state index < -0.39 is 0 Å². The van der Waals surface area contributed by atoms with Gasteiger partial charge in [0.2, 0.25) is 0 Å². The number of halogens is 1. The molecular formula is C16H19ClN2OS. The topological polar surface area (TPSA) is 42.0 Å². The van der Waals surface area contributed by atoms with E-state index in [9.17, 15) is 4.79 Å². The summed E-state index contributed by atoms with van der Waals surface area (Å²) in [6, 6.07) is 9.31. The molecule has 1 aromatic heterocycles. The van der Waals surface area contributed by atoms with Crippen LogP contribution in [0.3, 0.4) is 0 Å². The number of para-hydroxylation sites is 1. The van der Waals surface area contributed by atoms with Gasteiger partial charge in [-0.15, -0.1) is 0 Å². The molecule has 1 amide bonds. The predicted octanol–water partition coefficient (Wildman–Crippen LogP) is 4.15. The summed E-state index contributed by atoms with van der Waals surface area (Å²) in [5.74, 6) is 1.98. The van der Waals surface area contributed by atoms with Gasteiger partial charge in [-0.25, -0.2) is 4.98 Å². The van der Waals surface area contributed by atoms with E-state index in [0.717, 1.165) is 28.8 Å². The standard InChI is InChI=1S/C16H19ClN2OS/c1-3-21-9-8-11(2)18-16(20)15-10-13(17)12-6-4-5-7-14(12)19-15/h4-7,10-11H,3,8-9H2,1-2H3,(H,18,20). The SMILES string of the molecule is CCSCCC(C)NC(=O)c1cc(Cl)c2ccccc2n1. The maximum atomic E-state index is 12.2. The van der Waals surface area contributed by atoms with Crippen molar-refractivity contribution in [2.75, 3.05) is 11.5 Å². The number of aromatic nitrogens is 1. The van der Waals surface area contributed by atoms with Gasteiger partial charge in [-0.05, 0) is 37.0 Å². The lowest BCUT2D eigenvalue weighted by molar-refractivity contribution is 0.0935. The highest BCUT2D eigenvalue weighted by Gasteiger charge is 2.13. The Labute approximate surface area is 134 Å². The third-order valence-corrected chi connectivity index (χ3v) is 4.42. The molecule has 1 unspecified atom stereocenters. The number of hydrogen-bond donors (Lipinski definition) is 1. The lowest BCUT2D eigenvalue weighted by Gasteiger charge is -2.13. The number of amides is 1. The first-order valence-electron chi connectivity index (χ1n) is 7.05. The molecule has 1 aromatic carbocycles. The van der Waals surface area contributed by atoms with Gasteiger partial charge in [0.05, 0.1) is 10.5 Å². The molecule has 0 radical (unpaired) electrons. The molecule has 1 N–H and O–H groups in total. The second-order valence-electron chi connectivity index (χ2n) is 4.87. The third kappa shape index (κ3) is 4.35. The second-order valence-corrected chi connectivity index (χ2v) is 6.67. The molecule has 1 heterocycles. The minimum Gasteiger partial charge on any atom is -0.348 e. The van der Waals surface area contributed by atoms with Crippen LogP contribution in [0.25, 0.3) is 10.9 Å². The Morgan fingerprint density at radius 3 is 2.95 bits per heavy atom. The lowest BCUT2D eigenvalue weighted by Crippen LogP contribution is -2.33. The van der Waals surface area contributed by atoms with Crippen LogP contribution in [-0.2, 0) is 0 Å². The van der Waals surface area contributed by atoms with Crippen molar-refractivity contribution in [2.24, 2.45) is 0 Å². The molecule has 2 rings (SSSR count). The first-order chi connectivity index (χ1) is 10.1. The summed E-state index contributed by atoms with van der Waals surface area (Å²) < 4.78 is 0. The van der Waals surface area contributed by atoms with E-state index in [1.54, 1.807) is 6.07 Å². The van der Waals surface area contributed by atoms with E-state index in [4.69, 9.17) is 11.6 Å². The fourth-order valence-electron chi connectivity index (χ4n) is 2.02. The summed E-state index contributed by atoms with van der Waals surface area (Å²) in [6.07, 6.45) is 0.950. The summed E-state index contributed by atoms with van der Waals surface area (Å²) in [7, 11) is 0. The number of fused-ring (bicyclic) bond motifs is 1. The molecule has 0 bridgehead atoms. The summed E-state index contributed by atoms with van der Waals surface area (Å²) in [6.45, 7) is 4.14. The van der Waals surface area contributed by atoms with E-state index in [-0.39, 0.29) is 11.9 Å². The maximum Gasteiger partial charge on any atom is 0.270 e. The van der Waals surface area contributed by atoms with Crippen LogP contribution < -0.4 is 5.32 Å². The molecule has 0 aliphatic rings. The highest BCUT2D eigenvalue weighted by molar-refractivity contribution is 7.99. The van der Waals surface area contributed by atoms with Crippen LogP contribution >= 0.6 is 23.4 Å². The molecule has 1 atom stereocenters. The Balaban J connectivity index is 2.09. The first-order valence-corrected chi connectivity index (χ1v) is 8.59. The van der Waals surface area contributed by atoms with Crippen molar-refractivity contribution in [1.82, 2.24) is 10.3 Å². The number of thioether (sulfide) groups is 1. The fourth-order valence-corrected chi connectivity index (χ4v) is 3.10. The van der Waals surface area contributed by atoms with Gasteiger partial charge in [0, 0.05) is 11.4 Å². The Morgan fingerprint density at radius 2 is 2.19 bits per heavy atom. The van der Waals surface area contributed by atoms with E-state index in [2.05, 4.69) is 17.2 Å². The molecule has 0 aliphatic heterocycles. The van der Waals surface area contributed by atoms with Crippen molar-refractivity contribution in [2.45, 2.75) is 26.3 Å². The molecule has 0 spiro atoms. The van der Waals surface area contributed by atoms with Crippen LogP contribution in [-0.4, -0.2) is 28.4 Å². The van der Waals surface area contributed by atoms with Crippen LogP contribution in [0.2, 0.25) is 5.02 Å². The molecule has 21 heavy (non-hydrogen) atoms. The van der Waals surface area contributed by atoms with Gasteiger partial charge in [0.15, 0.2) is 0 Å². The first kappa shape index (κ1) is 16.1. The lowest BCUT2D eigenvalue weighted by atomic mass is 10.2. The number of nitrogens with zero attached hydrogens (tertiary/aromatic N) is 1. The van der Waals surface area contributed by atoms with Crippen molar-refractivity contribution in [3.63, 3.8) is 0 Å². The Hall–Kier alpha value is -1.26. The second kappa shape index (κ2) is 7.66. The summed E-state index contributed by atoms with van der Waals surface area (Å²) in [5.41, 5.74) is 1.11. The van der Waals surface area contributed by atoms with E-state index in [1.807, 2.05) is 43.0 Å². The van der Waals surface area contributed by atoms with Crippen LogP contribution in [0.15, 0.2) is 30.3 Å². The van der Waals surface area contributed by atoms with Crippen molar-refractivity contribution < 1.29 is 4.79 Å². The van der Waals surface area contributed by atoms with Gasteiger partial charge in [0.1, 0.15) is 5.69 Å². The number of carbonyl (C=O) groups excluding carboxylic acids is 1. The summed E-state index contributed by atoms with van der Waals surface area (Å²) in [5, 5.41) is 4.39. The molecule has 3 nitrogen and oxygen atoms in total. The van der Waals surface area contributed by atoms with Crippen molar-refractivity contribution in [3.05, 3.63) is 41.0 Å². The minimum atomic E-state index is -0.170. The molecule has 0 saturated heterocycles. The smallest absolute Gasteiger partial charge is 0.270 e. The Kier molecular flexibility index (Phi) is 5.88. The highest BCUT2D eigenvalue weighted by Crippen LogP contribution is 2.22. The van der Waals surface area contributed by atoms with Crippen molar-refractivity contribution in [1.29, 1.82) is 0 Å². The largest absolute Gasteiger partial charge is 0.348 e. The van der Waals surface area contributed by atoms with Crippen LogP contribution in [0, 0.1) is 0 Å². The van der Waals surface area contributed by atoms with Gasteiger partial charge in [0.25, 0.3) is 5.91 Å². The molecule has 0 aliphatic carbocycles. The highest BCUT2D eigenvalue weighted by atomic mass is 35.5. The third-order valence-electron chi connectivity index (χ3n) is 3.18.